The number of nitrogen functional groups attached to an aromatic ring is 1. The number of esters is 2. The van der Waals surface area contributed by atoms with Crippen LogP contribution in [0.4, 0.5) is 5.69 Å². The third-order valence-corrected chi connectivity index (χ3v) is 2.11. The van der Waals surface area contributed by atoms with Gasteiger partial charge in [-0.05, 0) is 12.1 Å². The summed E-state index contributed by atoms with van der Waals surface area (Å²) in [6.45, 7) is -0.552. The molecular formula is C12H15NO6. The molecule has 0 spiro atoms. The van der Waals surface area contributed by atoms with E-state index in [2.05, 4.69) is 9.47 Å². The van der Waals surface area contributed by atoms with Gasteiger partial charge in [0.2, 0.25) is 0 Å². The molecule has 0 heterocycles. The Bertz CT molecular complexity index is 460. The summed E-state index contributed by atoms with van der Waals surface area (Å²) >= 11 is 0. The van der Waals surface area contributed by atoms with Gasteiger partial charge in [0.05, 0.1) is 14.2 Å². The molecule has 7 nitrogen and oxygen atoms in total. The Morgan fingerprint density at radius 1 is 1.00 bits per heavy atom. The number of methoxy groups -OCH3 is 2. The number of hydrogen-bond donors (Lipinski definition) is 1. The lowest BCUT2D eigenvalue weighted by Crippen LogP contribution is -2.15. The first-order valence-corrected chi connectivity index (χ1v) is 5.35. The summed E-state index contributed by atoms with van der Waals surface area (Å²) in [6, 6.07) is 4.60. The van der Waals surface area contributed by atoms with Crippen LogP contribution in [0.3, 0.4) is 0 Å². The minimum absolute atomic E-state index is 0.245. The van der Waals surface area contributed by atoms with Gasteiger partial charge in [0.1, 0.15) is 0 Å². The van der Waals surface area contributed by atoms with E-state index in [0.717, 1.165) is 0 Å². The van der Waals surface area contributed by atoms with Crippen molar-refractivity contribution >= 4 is 17.6 Å². The number of hydrogen-bond acceptors (Lipinski definition) is 7. The average molecular weight is 269 g/mol. The maximum atomic E-state index is 11.0. The lowest BCUT2D eigenvalue weighted by molar-refractivity contribution is -0.144. The molecule has 0 saturated carbocycles. The van der Waals surface area contributed by atoms with Gasteiger partial charge >= 0.3 is 11.9 Å². The molecule has 0 radical (unpaired) electrons. The zero-order valence-electron chi connectivity index (χ0n) is 10.7. The van der Waals surface area contributed by atoms with Gasteiger partial charge in [-0.15, -0.1) is 0 Å². The Balaban J connectivity index is 2.73. The SMILES string of the molecule is COC(=O)COc1ccc(N)cc1OCC(=O)OC. The molecule has 19 heavy (non-hydrogen) atoms. The molecular weight excluding hydrogens is 254 g/mol. The van der Waals surface area contributed by atoms with Crippen molar-refractivity contribution < 1.29 is 28.5 Å². The second-order valence-corrected chi connectivity index (χ2v) is 3.44. The maximum absolute atomic E-state index is 11.0. The van der Waals surface area contributed by atoms with Crippen molar-refractivity contribution in [3.63, 3.8) is 0 Å². The van der Waals surface area contributed by atoms with Crippen molar-refractivity contribution in [1.29, 1.82) is 0 Å². The average Bonchev–Trinajstić information content (AvgIpc) is 2.43. The summed E-state index contributed by atoms with van der Waals surface area (Å²) < 4.78 is 19.3. The lowest BCUT2D eigenvalue weighted by Gasteiger charge is -2.12. The Kier molecular flexibility index (Phi) is 5.46. The van der Waals surface area contributed by atoms with Crippen LogP contribution in [-0.4, -0.2) is 39.4 Å². The summed E-state index contributed by atoms with van der Waals surface area (Å²) in [5.74, 6) is -0.546. The number of ether oxygens (including phenoxy) is 4. The van der Waals surface area contributed by atoms with Crippen molar-refractivity contribution in [2.75, 3.05) is 33.2 Å². The smallest absolute Gasteiger partial charge is 0.343 e. The topological polar surface area (TPSA) is 97.1 Å². The highest BCUT2D eigenvalue weighted by Gasteiger charge is 2.10. The minimum atomic E-state index is -0.540. The maximum Gasteiger partial charge on any atom is 0.343 e. The third kappa shape index (κ3) is 4.74. The Morgan fingerprint density at radius 2 is 1.53 bits per heavy atom. The fourth-order valence-corrected chi connectivity index (χ4v) is 1.15. The molecule has 0 saturated heterocycles. The first-order valence-electron chi connectivity index (χ1n) is 5.35. The molecule has 0 aliphatic carbocycles. The molecule has 0 aromatic heterocycles. The van der Waals surface area contributed by atoms with Crippen LogP contribution in [0.25, 0.3) is 0 Å². The van der Waals surface area contributed by atoms with Crippen LogP contribution in [0.2, 0.25) is 0 Å². The van der Waals surface area contributed by atoms with Crippen molar-refractivity contribution in [3.8, 4) is 11.5 Å². The van der Waals surface area contributed by atoms with Gasteiger partial charge in [-0.3, -0.25) is 0 Å². The van der Waals surface area contributed by atoms with Gasteiger partial charge < -0.3 is 24.7 Å². The molecule has 104 valence electrons. The number of benzene rings is 1. The molecule has 1 rings (SSSR count). The van der Waals surface area contributed by atoms with Gasteiger partial charge in [-0.25, -0.2) is 9.59 Å². The second kappa shape index (κ2) is 7.10. The Morgan fingerprint density at radius 3 is 2.05 bits per heavy atom. The summed E-state index contributed by atoms with van der Waals surface area (Å²) in [5, 5.41) is 0. The fraction of sp³-hybridized carbons (Fsp3) is 0.333. The van der Waals surface area contributed by atoms with Crippen LogP contribution in [-0.2, 0) is 19.1 Å². The van der Waals surface area contributed by atoms with E-state index in [9.17, 15) is 9.59 Å². The standard InChI is InChI=1S/C12H15NO6/c1-16-11(14)6-18-9-4-3-8(13)5-10(9)19-7-12(15)17-2/h3-5H,6-7,13H2,1-2H3. The number of anilines is 1. The van der Waals surface area contributed by atoms with Crippen molar-refractivity contribution in [3.05, 3.63) is 18.2 Å². The molecule has 0 bridgehead atoms. The predicted molar refractivity (Wildman–Crippen MR) is 65.9 cm³/mol. The minimum Gasteiger partial charge on any atom is -0.478 e. The molecule has 0 atom stereocenters. The van der Waals surface area contributed by atoms with E-state index < -0.39 is 11.9 Å². The van der Waals surface area contributed by atoms with E-state index in [1.807, 2.05) is 0 Å². The molecule has 1 aromatic carbocycles. The summed E-state index contributed by atoms with van der Waals surface area (Å²) in [5.41, 5.74) is 6.04. The normalized spacial score (nSPS) is 9.58. The molecule has 0 amide bonds. The van der Waals surface area contributed by atoms with Gasteiger partial charge in [-0.1, -0.05) is 0 Å². The highest BCUT2D eigenvalue weighted by molar-refractivity contribution is 5.72. The molecule has 0 fully saturated rings. The van der Waals surface area contributed by atoms with E-state index in [4.69, 9.17) is 15.2 Å². The lowest BCUT2D eigenvalue weighted by atomic mass is 10.3. The number of carbonyl (C=O) groups is 2. The Labute approximate surface area is 110 Å². The van der Waals surface area contributed by atoms with Gasteiger partial charge in [0.15, 0.2) is 24.7 Å². The quantitative estimate of drug-likeness (QED) is 0.588. The summed E-state index contributed by atoms with van der Waals surface area (Å²) in [7, 11) is 2.50. The van der Waals surface area contributed by atoms with Crippen molar-refractivity contribution in [2.45, 2.75) is 0 Å². The van der Waals surface area contributed by atoms with Gasteiger partial charge in [-0.2, -0.15) is 0 Å². The van der Waals surface area contributed by atoms with Crippen LogP contribution in [0.15, 0.2) is 18.2 Å². The Hall–Kier alpha value is -2.44. The molecule has 0 aliphatic rings. The number of rotatable bonds is 6. The third-order valence-electron chi connectivity index (χ3n) is 2.11. The molecule has 0 aliphatic heterocycles. The van der Waals surface area contributed by atoms with Crippen molar-refractivity contribution in [2.24, 2.45) is 0 Å². The molecule has 0 unspecified atom stereocenters. The largest absolute Gasteiger partial charge is 0.478 e. The van der Waals surface area contributed by atoms with E-state index in [1.165, 1.54) is 26.4 Å². The van der Waals surface area contributed by atoms with E-state index >= 15 is 0 Å². The zero-order valence-corrected chi connectivity index (χ0v) is 10.7. The fourth-order valence-electron chi connectivity index (χ4n) is 1.15. The van der Waals surface area contributed by atoms with Gasteiger partial charge in [0.25, 0.3) is 0 Å². The number of nitrogens with two attached hydrogens (primary N) is 1. The highest BCUT2D eigenvalue weighted by Crippen LogP contribution is 2.29. The molecule has 7 heteroatoms. The zero-order chi connectivity index (χ0) is 14.3. The highest BCUT2D eigenvalue weighted by atomic mass is 16.6. The first-order chi connectivity index (χ1) is 9.06. The first kappa shape index (κ1) is 14.6. The molecule has 1 aromatic rings. The monoisotopic (exact) mass is 269 g/mol. The number of carbonyl (C=O) groups excluding carboxylic acids is 2. The van der Waals surface area contributed by atoms with E-state index in [-0.39, 0.29) is 24.7 Å². The summed E-state index contributed by atoms with van der Waals surface area (Å²) in [4.78, 5) is 22.0. The van der Waals surface area contributed by atoms with Crippen molar-refractivity contribution in [1.82, 2.24) is 0 Å². The van der Waals surface area contributed by atoms with Crippen LogP contribution >= 0.6 is 0 Å². The van der Waals surface area contributed by atoms with E-state index in [0.29, 0.717) is 5.69 Å². The molecule has 2 N–H and O–H groups in total. The van der Waals surface area contributed by atoms with Crippen LogP contribution < -0.4 is 15.2 Å². The second-order valence-electron chi connectivity index (χ2n) is 3.44. The summed E-state index contributed by atoms with van der Waals surface area (Å²) in [6.07, 6.45) is 0. The van der Waals surface area contributed by atoms with Crippen LogP contribution in [0.5, 0.6) is 11.5 Å². The predicted octanol–water partition coefficient (Wildman–Crippen LogP) is 0.372. The van der Waals surface area contributed by atoms with Gasteiger partial charge in [0, 0.05) is 11.8 Å². The van der Waals surface area contributed by atoms with Crippen LogP contribution in [0.1, 0.15) is 0 Å². The van der Waals surface area contributed by atoms with Crippen LogP contribution in [0, 0.1) is 0 Å². The van der Waals surface area contributed by atoms with E-state index in [1.54, 1.807) is 6.07 Å².